The van der Waals surface area contributed by atoms with E-state index in [-0.39, 0.29) is 5.95 Å². The van der Waals surface area contributed by atoms with Crippen molar-refractivity contribution in [1.29, 1.82) is 0 Å². The second-order valence-corrected chi connectivity index (χ2v) is 6.43. The Hall–Kier alpha value is -3.61. The first kappa shape index (κ1) is 17.8. The Labute approximate surface area is 163 Å². The summed E-state index contributed by atoms with van der Waals surface area (Å²) in [6.45, 7) is 3.39. The van der Waals surface area contributed by atoms with Crippen molar-refractivity contribution < 1.29 is 4.84 Å². The van der Waals surface area contributed by atoms with Gasteiger partial charge in [-0.3, -0.25) is 4.98 Å². The quantitative estimate of drug-likeness (QED) is 0.515. The van der Waals surface area contributed by atoms with Crippen LogP contribution in [0.3, 0.4) is 0 Å². The minimum atomic E-state index is 0.231. The Morgan fingerprint density at radius 3 is 2.75 bits per heavy atom. The van der Waals surface area contributed by atoms with E-state index < -0.39 is 0 Å². The lowest BCUT2D eigenvalue weighted by Crippen LogP contribution is -2.16. The van der Waals surface area contributed by atoms with E-state index in [0.717, 1.165) is 35.6 Å². The van der Waals surface area contributed by atoms with Crippen molar-refractivity contribution in [2.75, 3.05) is 17.7 Å². The highest BCUT2D eigenvalue weighted by atomic mass is 16.7. The van der Waals surface area contributed by atoms with Crippen LogP contribution in [0.2, 0.25) is 0 Å². The van der Waals surface area contributed by atoms with Crippen LogP contribution in [0.25, 0.3) is 22.6 Å². The zero-order valence-electron chi connectivity index (χ0n) is 15.7. The molecule has 0 unspecified atom stereocenters. The van der Waals surface area contributed by atoms with Crippen LogP contribution in [0.4, 0.5) is 11.6 Å². The first-order valence-corrected chi connectivity index (χ1v) is 9.25. The third kappa shape index (κ3) is 3.73. The minimum absolute atomic E-state index is 0.231. The average molecular weight is 374 g/mol. The molecule has 0 fully saturated rings. The van der Waals surface area contributed by atoms with Crippen LogP contribution in [0.5, 0.6) is 0 Å². The average Bonchev–Trinajstić information content (AvgIpc) is 3.15. The van der Waals surface area contributed by atoms with Crippen LogP contribution < -0.4 is 15.9 Å². The summed E-state index contributed by atoms with van der Waals surface area (Å²) in [5, 5.41) is 3.44. The molecule has 0 saturated heterocycles. The van der Waals surface area contributed by atoms with Crippen LogP contribution in [0.1, 0.15) is 18.9 Å². The molecule has 28 heavy (non-hydrogen) atoms. The van der Waals surface area contributed by atoms with Gasteiger partial charge in [-0.2, -0.15) is 4.73 Å². The van der Waals surface area contributed by atoms with Gasteiger partial charge >= 0.3 is 0 Å². The number of benzene rings is 1. The van der Waals surface area contributed by atoms with E-state index in [1.54, 1.807) is 17.1 Å². The van der Waals surface area contributed by atoms with Crippen LogP contribution >= 0.6 is 0 Å². The van der Waals surface area contributed by atoms with Crippen LogP contribution in [0, 0.1) is 0 Å². The van der Waals surface area contributed by atoms with E-state index in [9.17, 15) is 0 Å². The number of nitrogens with two attached hydrogens (primary N) is 1. The summed E-state index contributed by atoms with van der Waals surface area (Å²) < 4.78 is 1.77. The highest BCUT2D eigenvalue weighted by Gasteiger charge is 2.20. The molecule has 0 saturated carbocycles. The van der Waals surface area contributed by atoms with Crippen molar-refractivity contribution in [3.8, 4) is 22.6 Å². The molecule has 1 aromatic carbocycles. The SMILES string of the molecule is CCCOn1cc(NCc2ccccc2)cc2ncc(-c3ccnc(N)n3)c1-2. The molecule has 7 heteroatoms. The fourth-order valence-electron chi connectivity index (χ4n) is 3.01. The van der Waals surface area contributed by atoms with Gasteiger partial charge < -0.3 is 15.9 Å². The molecule has 0 bridgehead atoms. The summed E-state index contributed by atoms with van der Waals surface area (Å²) in [4.78, 5) is 18.8. The number of nitrogens with one attached hydrogen (secondary N) is 1. The van der Waals surface area contributed by atoms with Gasteiger partial charge in [0.25, 0.3) is 0 Å². The molecule has 4 rings (SSSR count). The molecule has 0 atom stereocenters. The van der Waals surface area contributed by atoms with E-state index >= 15 is 0 Å². The number of nitrogen functional groups attached to an aromatic ring is 1. The molecule has 2 aromatic rings. The Bertz CT molecular complexity index is 1030. The van der Waals surface area contributed by atoms with Crippen molar-refractivity contribution in [2.24, 2.45) is 0 Å². The number of hydrogen-bond donors (Lipinski definition) is 2. The molecular formula is C21H22N6O. The maximum absolute atomic E-state index is 5.97. The number of aromatic nitrogens is 4. The molecule has 3 N–H and O–H groups in total. The molecule has 0 amide bonds. The second kappa shape index (κ2) is 7.96. The molecule has 2 aliphatic heterocycles. The van der Waals surface area contributed by atoms with E-state index in [1.165, 1.54) is 5.56 Å². The van der Waals surface area contributed by atoms with Gasteiger partial charge in [0.05, 0.1) is 23.3 Å². The molecule has 0 aliphatic carbocycles. The summed E-state index contributed by atoms with van der Waals surface area (Å²) in [5.41, 5.74) is 11.1. The maximum Gasteiger partial charge on any atom is 0.220 e. The van der Waals surface area contributed by atoms with Crippen molar-refractivity contribution in [3.05, 3.63) is 66.6 Å². The fourth-order valence-corrected chi connectivity index (χ4v) is 3.01. The largest absolute Gasteiger partial charge is 0.414 e. The zero-order valence-corrected chi connectivity index (χ0v) is 15.7. The number of pyridine rings is 1. The normalized spacial score (nSPS) is 10.9. The van der Waals surface area contributed by atoms with E-state index in [2.05, 4.69) is 39.3 Å². The summed E-state index contributed by atoms with van der Waals surface area (Å²) in [5.74, 6) is 0.231. The molecule has 2 aliphatic rings. The predicted molar refractivity (Wildman–Crippen MR) is 110 cm³/mol. The standard InChI is InChI=1S/C21H22N6O/c1-2-10-28-27-14-16(24-12-15-6-4-3-5-7-15)11-19-20(27)17(13-25-19)18-8-9-23-21(22)26-18/h3-9,11,13-14,24H,2,10,12H2,1H3,(H2,22,23,26). The lowest BCUT2D eigenvalue weighted by molar-refractivity contribution is 0.113. The first-order chi connectivity index (χ1) is 13.7. The number of rotatable bonds is 7. The number of hydrogen-bond acceptors (Lipinski definition) is 6. The molecule has 3 heterocycles. The predicted octanol–water partition coefficient (Wildman–Crippen LogP) is 3.48. The third-order valence-electron chi connectivity index (χ3n) is 4.32. The van der Waals surface area contributed by atoms with E-state index in [0.29, 0.717) is 12.3 Å². The molecule has 7 nitrogen and oxygen atoms in total. The van der Waals surface area contributed by atoms with Crippen LogP contribution in [0.15, 0.2) is 61.1 Å². The van der Waals surface area contributed by atoms with Gasteiger partial charge in [-0.15, -0.1) is 0 Å². The van der Waals surface area contributed by atoms with E-state index in [4.69, 9.17) is 10.6 Å². The second-order valence-electron chi connectivity index (χ2n) is 6.43. The summed E-state index contributed by atoms with van der Waals surface area (Å²) in [7, 11) is 0. The van der Waals surface area contributed by atoms with Crippen molar-refractivity contribution in [3.63, 3.8) is 0 Å². The van der Waals surface area contributed by atoms with Gasteiger partial charge in [0.15, 0.2) is 0 Å². The van der Waals surface area contributed by atoms with Crippen molar-refractivity contribution >= 4 is 11.6 Å². The fraction of sp³-hybridized carbons (Fsp3) is 0.190. The summed E-state index contributed by atoms with van der Waals surface area (Å²) in [6.07, 6.45) is 6.28. The Balaban J connectivity index is 1.70. The minimum Gasteiger partial charge on any atom is -0.414 e. The zero-order chi connectivity index (χ0) is 19.3. The van der Waals surface area contributed by atoms with Crippen molar-refractivity contribution in [1.82, 2.24) is 19.7 Å². The van der Waals surface area contributed by atoms with E-state index in [1.807, 2.05) is 36.5 Å². The van der Waals surface area contributed by atoms with Gasteiger partial charge in [-0.05, 0) is 24.1 Å². The highest BCUT2D eigenvalue weighted by molar-refractivity contribution is 5.81. The van der Waals surface area contributed by atoms with Crippen molar-refractivity contribution in [2.45, 2.75) is 19.9 Å². The molecule has 0 spiro atoms. The number of nitrogens with zero attached hydrogens (tertiary/aromatic N) is 4. The smallest absolute Gasteiger partial charge is 0.220 e. The Morgan fingerprint density at radius 2 is 1.96 bits per heavy atom. The highest BCUT2D eigenvalue weighted by Crippen LogP contribution is 2.34. The number of fused-ring (bicyclic) bond motifs is 1. The third-order valence-corrected chi connectivity index (χ3v) is 4.32. The molecular weight excluding hydrogens is 352 g/mol. The molecule has 1 aromatic heterocycles. The summed E-state index contributed by atoms with van der Waals surface area (Å²) >= 11 is 0. The van der Waals surface area contributed by atoms with Crippen LogP contribution in [-0.2, 0) is 6.54 Å². The first-order valence-electron chi connectivity index (χ1n) is 9.25. The maximum atomic E-state index is 5.97. The topological polar surface area (TPSA) is 90.9 Å². The number of anilines is 2. The Morgan fingerprint density at radius 1 is 1.11 bits per heavy atom. The van der Waals surface area contributed by atoms with Crippen LogP contribution in [-0.4, -0.2) is 26.3 Å². The van der Waals surface area contributed by atoms with Gasteiger partial charge in [0.1, 0.15) is 12.3 Å². The van der Waals surface area contributed by atoms with Gasteiger partial charge in [0, 0.05) is 24.5 Å². The van der Waals surface area contributed by atoms with Gasteiger partial charge in [-0.25, -0.2) is 9.97 Å². The Kier molecular flexibility index (Phi) is 5.05. The summed E-state index contributed by atoms with van der Waals surface area (Å²) in [6, 6.07) is 14.1. The van der Waals surface area contributed by atoms with Gasteiger partial charge in [0.2, 0.25) is 5.95 Å². The lowest BCUT2D eigenvalue weighted by atomic mass is 10.1. The van der Waals surface area contributed by atoms with Gasteiger partial charge in [-0.1, -0.05) is 37.3 Å². The monoisotopic (exact) mass is 374 g/mol. The molecule has 0 radical (unpaired) electrons. The molecule has 142 valence electrons. The lowest BCUT2D eigenvalue weighted by Gasteiger charge is -2.17.